The minimum Gasteiger partial charge on any atom is -0.496 e. The Morgan fingerprint density at radius 3 is 2.29 bits per heavy atom. The van der Waals surface area contributed by atoms with Gasteiger partial charge in [0, 0.05) is 24.4 Å². The highest BCUT2D eigenvalue weighted by Crippen LogP contribution is 2.27. The van der Waals surface area contributed by atoms with Crippen LogP contribution in [0.25, 0.3) is 0 Å². The summed E-state index contributed by atoms with van der Waals surface area (Å²) in [6, 6.07) is 8.36. The van der Waals surface area contributed by atoms with Crippen LogP contribution in [0, 0.1) is 0 Å². The van der Waals surface area contributed by atoms with Crippen molar-refractivity contribution in [2.45, 2.75) is 6.61 Å². The summed E-state index contributed by atoms with van der Waals surface area (Å²) in [6.45, 7) is 0.221. The van der Waals surface area contributed by atoms with E-state index in [0.717, 1.165) is 0 Å². The lowest BCUT2D eigenvalue weighted by Gasteiger charge is -2.10. The second kappa shape index (κ2) is 6.60. The molecule has 0 aliphatic rings. The fourth-order valence-electron chi connectivity index (χ4n) is 1.71. The van der Waals surface area contributed by atoms with E-state index in [0.29, 0.717) is 22.8 Å². The van der Waals surface area contributed by atoms with Crippen LogP contribution in [0.5, 0.6) is 17.2 Å². The summed E-state index contributed by atoms with van der Waals surface area (Å²) in [7, 11) is 3.11. The summed E-state index contributed by atoms with van der Waals surface area (Å²) in [5, 5.41) is 8.89. The Morgan fingerprint density at radius 1 is 1.10 bits per heavy atom. The number of hydrogen-bond donors (Lipinski definition) is 1. The number of aromatic carboxylic acids is 1. The molecule has 0 saturated heterocycles. The number of aromatic nitrogens is 1. The lowest BCUT2D eigenvalue weighted by atomic mass is 10.2. The highest BCUT2D eigenvalue weighted by molar-refractivity contribution is 5.85. The standard InChI is InChI=1S/C15H15NO5/c1-19-11-6-12(20-2)8-13(7-11)21-9-10-3-4-16-14(5-10)15(17)18/h3-8H,9H2,1-2H3,(H,17,18). The van der Waals surface area contributed by atoms with E-state index in [4.69, 9.17) is 19.3 Å². The first-order chi connectivity index (χ1) is 10.1. The minimum absolute atomic E-state index is 0.0145. The molecular formula is C15H15NO5. The molecule has 6 heteroatoms. The molecule has 0 atom stereocenters. The molecule has 0 spiro atoms. The number of benzene rings is 1. The van der Waals surface area contributed by atoms with E-state index in [1.165, 1.54) is 12.3 Å². The topological polar surface area (TPSA) is 77.9 Å². The summed E-state index contributed by atoms with van der Waals surface area (Å²) < 4.78 is 15.9. The molecule has 1 heterocycles. The Labute approximate surface area is 121 Å². The molecule has 1 aromatic heterocycles. The fourth-order valence-corrected chi connectivity index (χ4v) is 1.71. The quantitative estimate of drug-likeness (QED) is 0.879. The van der Waals surface area contributed by atoms with Gasteiger partial charge in [-0.1, -0.05) is 0 Å². The average Bonchev–Trinajstić information content (AvgIpc) is 2.52. The van der Waals surface area contributed by atoms with Crippen LogP contribution in [0.2, 0.25) is 0 Å². The normalized spacial score (nSPS) is 10.0. The van der Waals surface area contributed by atoms with E-state index in [-0.39, 0.29) is 12.3 Å². The van der Waals surface area contributed by atoms with Crippen LogP contribution < -0.4 is 14.2 Å². The van der Waals surface area contributed by atoms with Crippen molar-refractivity contribution >= 4 is 5.97 Å². The summed E-state index contributed by atoms with van der Waals surface area (Å²) >= 11 is 0. The highest BCUT2D eigenvalue weighted by Gasteiger charge is 2.07. The lowest BCUT2D eigenvalue weighted by Crippen LogP contribution is -2.03. The zero-order valence-corrected chi connectivity index (χ0v) is 11.7. The van der Waals surface area contributed by atoms with Gasteiger partial charge in [-0.3, -0.25) is 0 Å². The Balaban J connectivity index is 2.12. The number of rotatable bonds is 6. The van der Waals surface area contributed by atoms with Gasteiger partial charge in [-0.2, -0.15) is 0 Å². The molecule has 21 heavy (non-hydrogen) atoms. The van der Waals surface area contributed by atoms with Gasteiger partial charge in [0.2, 0.25) is 0 Å². The second-order valence-corrected chi connectivity index (χ2v) is 4.19. The Kier molecular flexibility index (Phi) is 4.61. The average molecular weight is 289 g/mol. The van der Waals surface area contributed by atoms with E-state index < -0.39 is 5.97 Å². The number of hydrogen-bond acceptors (Lipinski definition) is 5. The third-order valence-corrected chi connectivity index (χ3v) is 2.77. The van der Waals surface area contributed by atoms with Crippen molar-refractivity contribution in [3.05, 3.63) is 47.8 Å². The molecule has 0 bridgehead atoms. The SMILES string of the molecule is COc1cc(OC)cc(OCc2ccnc(C(=O)O)c2)c1. The van der Waals surface area contributed by atoms with Crippen LogP contribution in [0.3, 0.4) is 0 Å². The summed E-state index contributed by atoms with van der Waals surface area (Å²) in [5.74, 6) is 0.732. The van der Waals surface area contributed by atoms with Crippen molar-refractivity contribution in [2.24, 2.45) is 0 Å². The lowest BCUT2D eigenvalue weighted by molar-refractivity contribution is 0.0690. The molecule has 110 valence electrons. The molecule has 0 fully saturated rings. The van der Waals surface area contributed by atoms with Crippen molar-refractivity contribution < 1.29 is 24.1 Å². The van der Waals surface area contributed by atoms with E-state index >= 15 is 0 Å². The molecule has 2 aromatic rings. The maximum atomic E-state index is 10.9. The predicted molar refractivity (Wildman–Crippen MR) is 75.1 cm³/mol. The van der Waals surface area contributed by atoms with Crippen LogP contribution in [0.4, 0.5) is 0 Å². The molecule has 0 amide bonds. The van der Waals surface area contributed by atoms with Gasteiger partial charge in [0.25, 0.3) is 0 Å². The monoisotopic (exact) mass is 289 g/mol. The summed E-state index contributed by atoms with van der Waals surface area (Å²) in [6.07, 6.45) is 1.44. The van der Waals surface area contributed by atoms with Crippen molar-refractivity contribution in [2.75, 3.05) is 14.2 Å². The first-order valence-electron chi connectivity index (χ1n) is 6.16. The molecule has 0 aliphatic carbocycles. The van der Waals surface area contributed by atoms with Gasteiger partial charge < -0.3 is 19.3 Å². The minimum atomic E-state index is -1.07. The number of carbonyl (C=O) groups is 1. The molecule has 6 nitrogen and oxygen atoms in total. The molecule has 0 unspecified atom stereocenters. The number of pyridine rings is 1. The molecule has 0 radical (unpaired) electrons. The largest absolute Gasteiger partial charge is 0.496 e. The number of methoxy groups -OCH3 is 2. The van der Waals surface area contributed by atoms with Crippen LogP contribution in [-0.2, 0) is 6.61 Å². The Hall–Kier alpha value is -2.76. The third kappa shape index (κ3) is 3.85. The van der Waals surface area contributed by atoms with Gasteiger partial charge >= 0.3 is 5.97 Å². The fraction of sp³-hybridized carbons (Fsp3) is 0.200. The molecule has 1 aromatic carbocycles. The van der Waals surface area contributed by atoms with E-state index in [2.05, 4.69) is 4.98 Å². The van der Waals surface area contributed by atoms with E-state index in [1.54, 1.807) is 38.5 Å². The first kappa shape index (κ1) is 14.6. The first-order valence-corrected chi connectivity index (χ1v) is 6.16. The maximum absolute atomic E-state index is 10.9. The van der Waals surface area contributed by atoms with Crippen molar-refractivity contribution in [3.63, 3.8) is 0 Å². The van der Waals surface area contributed by atoms with Gasteiger partial charge in [-0.15, -0.1) is 0 Å². The third-order valence-electron chi connectivity index (χ3n) is 2.77. The van der Waals surface area contributed by atoms with Gasteiger partial charge in [0.1, 0.15) is 29.5 Å². The van der Waals surface area contributed by atoms with E-state index in [1.807, 2.05) is 0 Å². The molecule has 1 N–H and O–H groups in total. The zero-order valence-electron chi connectivity index (χ0n) is 11.7. The number of ether oxygens (including phenoxy) is 3. The zero-order chi connectivity index (χ0) is 15.2. The van der Waals surface area contributed by atoms with Crippen molar-refractivity contribution in [3.8, 4) is 17.2 Å². The molecule has 0 aliphatic heterocycles. The van der Waals surface area contributed by atoms with E-state index in [9.17, 15) is 4.79 Å². The van der Waals surface area contributed by atoms with Crippen molar-refractivity contribution in [1.82, 2.24) is 4.98 Å². The Morgan fingerprint density at radius 2 is 1.71 bits per heavy atom. The van der Waals surface area contributed by atoms with Gasteiger partial charge in [0.15, 0.2) is 0 Å². The number of carboxylic acid groups (broad SMARTS) is 1. The molecular weight excluding hydrogens is 274 g/mol. The summed E-state index contributed by atoms with van der Waals surface area (Å²) in [4.78, 5) is 14.6. The van der Waals surface area contributed by atoms with Crippen LogP contribution >= 0.6 is 0 Å². The number of carboxylic acids is 1. The maximum Gasteiger partial charge on any atom is 0.354 e. The van der Waals surface area contributed by atoms with Gasteiger partial charge in [-0.25, -0.2) is 9.78 Å². The van der Waals surface area contributed by atoms with Crippen LogP contribution in [-0.4, -0.2) is 30.3 Å². The number of nitrogens with zero attached hydrogens (tertiary/aromatic N) is 1. The van der Waals surface area contributed by atoms with Gasteiger partial charge in [0.05, 0.1) is 14.2 Å². The van der Waals surface area contributed by atoms with Gasteiger partial charge in [-0.05, 0) is 17.7 Å². The second-order valence-electron chi connectivity index (χ2n) is 4.19. The highest BCUT2D eigenvalue weighted by atomic mass is 16.5. The molecule has 2 rings (SSSR count). The molecule has 0 saturated carbocycles. The summed E-state index contributed by atoms with van der Waals surface area (Å²) in [5.41, 5.74) is 0.698. The van der Waals surface area contributed by atoms with Crippen molar-refractivity contribution in [1.29, 1.82) is 0 Å². The van der Waals surface area contributed by atoms with Crippen LogP contribution in [0.1, 0.15) is 16.1 Å². The Bertz CT molecular complexity index is 619. The smallest absolute Gasteiger partial charge is 0.354 e. The predicted octanol–water partition coefficient (Wildman–Crippen LogP) is 2.38. The van der Waals surface area contributed by atoms with Crippen LogP contribution in [0.15, 0.2) is 36.5 Å².